The number of hydrogen-bond acceptors (Lipinski definition) is 3. The minimum atomic E-state index is 0.0615. The molecular formula is C17H19ClN2OS. The predicted molar refractivity (Wildman–Crippen MR) is 91.5 cm³/mol. The van der Waals surface area contributed by atoms with Crippen LogP contribution in [0.4, 0.5) is 0 Å². The Labute approximate surface area is 139 Å². The van der Waals surface area contributed by atoms with Crippen molar-refractivity contribution in [1.29, 1.82) is 0 Å². The van der Waals surface area contributed by atoms with Crippen molar-refractivity contribution < 1.29 is 4.79 Å². The van der Waals surface area contributed by atoms with Crippen molar-refractivity contribution in [2.24, 2.45) is 0 Å². The Morgan fingerprint density at radius 2 is 1.86 bits per heavy atom. The van der Waals surface area contributed by atoms with Crippen LogP contribution in [0.15, 0.2) is 29.6 Å². The van der Waals surface area contributed by atoms with Crippen LogP contribution < -0.4 is 0 Å². The molecule has 0 bridgehead atoms. The third-order valence-electron chi connectivity index (χ3n) is 3.94. The number of halogens is 1. The molecule has 0 atom stereocenters. The first kappa shape index (κ1) is 15.5. The molecule has 3 rings (SSSR count). The Bertz CT molecular complexity index is 648. The average Bonchev–Trinajstić information content (AvgIpc) is 2.96. The molecular weight excluding hydrogens is 316 g/mol. The zero-order chi connectivity index (χ0) is 15.4. The molecule has 1 saturated heterocycles. The van der Waals surface area contributed by atoms with Crippen molar-refractivity contribution in [3.63, 3.8) is 0 Å². The van der Waals surface area contributed by atoms with Crippen molar-refractivity contribution in [2.45, 2.75) is 32.1 Å². The third kappa shape index (κ3) is 3.68. The summed E-state index contributed by atoms with van der Waals surface area (Å²) in [4.78, 5) is 19.1. The van der Waals surface area contributed by atoms with Gasteiger partial charge in [-0.2, -0.15) is 0 Å². The second-order valence-electron chi connectivity index (χ2n) is 5.61. The summed E-state index contributed by atoms with van der Waals surface area (Å²) in [6.45, 7) is 1.70. The van der Waals surface area contributed by atoms with Crippen LogP contribution in [0, 0.1) is 0 Å². The lowest BCUT2D eigenvalue weighted by Crippen LogP contribution is -2.34. The molecule has 0 saturated carbocycles. The van der Waals surface area contributed by atoms with Crippen molar-refractivity contribution in [3.8, 4) is 10.6 Å². The highest BCUT2D eigenvalue weighted by Gasteiger charge is 2.19. The van der Waals surface area contributed by atoms with E-state index in [9.17, 15) is 4.79 Å². The van der Waals surface area contributed by atoms with Crippen molar-refractivity contribution >= 4 is 28.8 Å². The first-order valence-corrected chi connectivity index (χ1v) is 9.00. The third-order valence-corrected chi connectivity index (χ3v) is 5.06. The molecule has 2 heterocycles. The molecule has 0 spiro atoms. The molecule has 0 radical (unpaired) electrons. The predicted octanol–water partition coefficient (Wildman–Crippen LogP) is 4.87. The van der Waals surface area contributed by atoms with Crippen LogP contribution in [0.5, 0.6) is 0 Å². The maximum atomic E-state index is 12.6. The number of carbonyl (C=O) groups excluding carboxylic acids is 1. The fraction of sp³-hybridized carbons (Fsp3) is 0.412. The van der Waals surface area contributed by atoms with E-state index in [-0.39, 0.29) is 5.91 Å². The van der Waals surface area contributed by atoms with Gasteiger partial charge in [-0.25, -0.2) is 4.98 Å². The molecule has 1 aliphatic rings. The fourth-order valence-corrected chi connectivity index (χ4v) is 3.72. The van der Waals surface area contributed by atoms with Crippen LogP contribution in [0.1, 0.15) is 42.6 Å². The van der Waals surface area contributed by atoms with E-state index in [4.69, 9.17) is 11.6 Å². The second-order valence-corrected chi connectivity index (χ2v) is 6.90. The Hall–Kier alpha value is -1.39. The van der Waals surface area contributed by atoms with E-state index >= 15 is 0 Å². The monoisotopic (exact) mass is 334 g/mol. The molecule has 0 unspecified atom stereocenters. The van der Waals surface area contributed by atoms with Gasteiger partial charge >= 0.3 is 0 Å². The summed E-state index contributed by atoms with van der Waals surface area (Å²) in [6, 6.07) is 7.59. The molecule has 2 aromatic rings. The van der Waals surface area contributed by atoms with Gasteiger partial charge in [-0.05, 0) is 25.0 Å². The Morgan fingerprint density at radius 3 is 2.59 bits per heavy atom. The molecule has 22 heavy (non-hydrogen) atoms. The van der Waals surface area contributed by atoms with Crippen LogP contribution in [-0.2, 0) is 0 Å². The summed E-state index contributed by atoms with van der Waals surface area (Å²) < 4.78 is 0. The topological polar surface area (TPSA) is 33.2 Å². The number of amides is 1. The van der Waals surface area contributed by atoms with Gasteiger partial charge in [0.15, 0.2) is 0 Å². The molecule has 1 fully saturated rings. The molecule has 0 N–H and O–H groups in total. The number of likely N-dealkylation sites (tertiary alicyclic amines) is 1. The van der Waals surface area contributed by atoms with E-state index in [1.54, 1.807) is 0 Å². The highest BCUT2D eigenvalue weighted by atomic mass is 35.5. The number of aromatic nitrogens is 1. The molecule has 1 amide bonds. The minimum absolute atomic E-state index is 0.0615. The molecule has 116 valence electrons. The van der Waals surface area contributed by atoms with Gasteiger partial charge in [-0.15, -0.1) is 11.3 Å². The van der Waals surface area contributed by atoms with E-state index in [2.05, 4.69) is 4.98 Å². The molecule has 1 aromatic carbocycles. The summed E-state index contributed by atoms with van der Waals surface area (Å²) in [5, 5.41) is 3.39. The molecule has 1 aromatic heterocycles. The van der Waals surface area contributed by atoms with Gasteiger partial charge in [-0.3, -0.25) is 4.79 Å². The van der Waals surface area contributed by atoms with Gasteiger partial charge < -0.3 is 4.90 Å². The maximum absolute atomic E-state index is 12.6. The lowest BCUT2D eigenvalue weighted by Gasteiger charge is -2.23. The normalized spacial score (nSPS) is 16.1. The first-order valence-electron chi connectivity index (χ1n) is 7.75. The standard InChI is InChI=1S/C17H19ClN2OS/c18-14-8-6-7-13(11-14)16-19-15(12-22-16)17(21)20-9-4-2-1-3-5-10-20/h6-8,11-12H,1-5,9-10H2. The highest BCUT2D eigenvalue weighted by molar-refractivity contribution is 7.13. The maximum Gasteiger partial charge on any atom is 0.273 e. The van der Waals surface area contributed by atoms with E-state index in [1.807, 2.05) is 34.5 Å². The number of thiazole rings is 1. The number of nitrogens with zero attached hydrogens (tertiary/aromatic N) is 2. The molecule has 0 aliphatic carbocycles. The number of hydrogen-bond donors (Lipinski definition) is 0. The fourth-order valence-electron chi connectivity index (χ4n) is 2.74. The van der Waals surface area contributed by atoms with E-state index in [0.29, 0.717) is 10.7 Å². The van der Waals surface area contributed by atoms with Gasteiger partial charge in [0.1, 0.15) is 10.7 Å². The van der Waals surface area contributed by atoms with E-state index in [1.165, 1.54) is 30.6 Å². The number of rotatable bonds is 2. The minimum Gasteiger partial charge on any atom is -0.337 e. The quantitative estimate of drug-likeness (QED) is 0.785. The largest absolute Gasteiger partial charge is 0.337 e. The number of benzene rings is 1. The molecule has 1 aliphatic heterocycles. The van der Waals surface area contributed by atoms with Crippen molar-refractivity contribution in [3.05, 3.63) is 40.4 Å². The Kier molecular flexibility index (Phi) is 5.11. The van der Waals surface area contributed by atoms with Gasteiger partial charge in [0.05, 0.1) is 0 Å². The second kappa shape index (κ2) is 7.25. The van der Waals surface area contributed by atoms with Gasteiger partial charge in [-0.1, -0.05) is 43.0 Å². The Balaban J connectivity index is 1.76. The number of carbonyl (C=O) groups is 1. The van der Waals surface area contributed by atoms with Crippen LogP contribution in [-0.4, -0.2) is 28.9 Å². The summed E-state index contributed by atoms with van der Waals surface area (Å²) in [5.41, 5.74) is 1.52. The van der Waals surface area contributed by atoms with Crippen molar-refractivity contribution in [2.75, 3.05) is 13.1 Å². The van der Waals surface area contributed by atoms with Crippen LogP contribution in [0.2, 0.25) is 5.02 Å². The van der Waals surface area contributed by atoms with Gasteiger partial charge in [0.2, 0.25) is 0 Å². The van der Waals surface area contributed by atoms with Crippen LogP contribution >= 0.6 is 22.9 Å². The van der Waals surface area contributed by atoms with E-state index < -0.39 is 0 Å². The van der Waals surface area contributed by atoms with Crippen molar-refractivity contribution in [1.82, 2.24) is 9.88 Å². The van der Waals surface area contributed by atoms with Crippen LogP contribution in [0.25, 0.3) is 10.6 Å². The zero-order valence-electron chi connectivity index (χ0n) is 12.4. The summed E-state index contributed by atoms with van der Waals surface area (Å²) in [7, 11) is 0. The lowest BCUT2D eigenvalue weighted by molar-refractivity contribution is 0.0737. The lowest BCUT2D eigenvalue weighted by atomic mass is 10.1. The average molecular weight is 335 g/mol. The molecule has 3 nitrogen and oxygen atoms in total. The zero-order valence-corrected chi connectivity index (χ0v) is 14.0. The van der Waals surface area contributed by atoms with Gasteiger partial charge in [0, 0.05) is 29.1 Å². The van der Waals surface area contributed by atoms with E-state index in [0.717, 1.165) is 36.5 Å². The summed E-state index contributed by atoms with van der Waals surface area (Å²) in [6.07, 6.45) is 5.91. The summed E-state index contributed by atoms with van der Waals surface area (Å²) in [5.74, 6) is 0.0615. The smallest absolute Gasteiger partial charge is 0.273 e. The highest BCUT2D eigenvalue weighted by Crippen LogP contribution is 2.26. The van der Waals surface area contributed by atoms with Gasteiger partial charge in [0.25, 0.3) is 5.91 Å². The first-order chi connectivity index (χ1) is 10.7. The van der Waals surface area contributed by atoms with Crippen LogP contribution in [0.3, 0.4) is 0 Å². The Morgan fingerprint density at radius 1 is 1.14 bits per heavy atom. The molecule has 5 heteroatoms. The SMILES string of the molecule is O=C(c1csc(-c2cccc(Cl)c2)n1)N1CCCCCCC1. The summed E-state index contributed by atoms with van der Waals surface area (Å²) >= 11 is 7.52.